The highest BCUT2D eigenvalue weighted by molar-refractivity contribution is 5.80. The molecule has 2 amide bonds. The van der Waals surface area contributed by atoms with Crippen molar-refractivity contribution in [2.24, 2.45) is 11.8 Å². The van der Waals surface area contributed by atoms with Crippen LogP contribution in [0.5, 0.6) is 0 Å². The van der Waals surface area contributed by atoms with Gasteiger partial charge in [-0.15, -0.1) is 0 Å². The second kappa shape index (κ2) is 6.54. The average molecular weight is 370 g/mol. The maximum Gasteiger partial charge on any atom is 0.406 e. The maximum atomic E-state index is 13.0. The number of ether oxygens (including phenoxy) is 1. The van der Waals surface area contributed by atoms with E-state index in [1.165, 1.54) is 37.5 Å². The zero-order chi connectivity index (χ0) is 19.2. The minimum absolute atomic E-state index is 0.158. The molecule has 0 radical (unpaired) electrons. The van der Waals surface area contributed by atoms with Crippen molar-refractivity contribution in [3.05, 3.63) is 35.4 Å². The van der Waals surface area contributed by atoms with Crippen LogP contribution < -0.4 is 5.32 Å². The zero-order valence-electron chi connectivity index (χ0n) is 16.6. The molecule has 0 aromatic heterocycles. The number of nitrogens with one attached hydrogen (secondary N) is 1. The van der Waals surface area contributed by atoms with Crippen molar-refractivity contribution in [1.29, 1.82) is 0 Å². The molecule has 0 bridgehead atoms. The first kappa shape index (κ1) is 18.3. The van der Waals surface area contributed by atoms with E-state index in [1.807, 2.05) is 11.8 Å². The third-order valence-corrected chi connectivity index (χ3v) is 7.11. The molecule has 3 unspecified atom stereocenters. The van der Waals surface area contributed by atoms with Crippen LogP contribution in [0.2, 0.25) is 0 Å². The summed E-state index contributed by atoms with van der Waals surface area (Å²) in [5.74, 6) is 0.552. The molecule has 1 N–H and O–H groups in total. The summed E-state index contributed by atoms with van der Waals surface area (Å²) in [6, 6.07) is 9.10. The van der Waals surface area contributed by atoms with E-state index in [0.717, 1.165) is 13.1 Å². The Morgan fingerprint density at radius 1 is 1.33 bits per heavy atom. The number of benzene rings is 1. The van der Waals surface area contributed by atoms with Crippen LogP contribution in [0.25, 0.3) is 0 Å². The SMILES string of the molecule is CCC(CNC(=O)OC)C(=O)N1CC2CC2(c2cccc(C3(C)CC3)c2)C1. The van der Waals surface area contributed by atoms with Crippen molar-refractivity contribution in [3.63, 3.8) is 0 Å². The molecule has 0 spiro atoms. The summed E-state index contributed by atoms with van der Waals surface area (Å²) in [5, 5.41) is 2.67. The van der Waals surface area contributed by atoms with Crippen molar-refractivity contribution in [3.8, 4) is 0 Å². The number of hydrogen-bond donors (Lipinski definition) is 1. The van der Waals surface area contributed by atoms with Crippen LogP contribution in [0.3, 0.4) is 0 Å². The third kappa shape index (κ3) is 3.21. The summed E-state index contributed by atoms with van der Waals surface area (Å²) in [7, 11) is 1.34. The van der Waals surface area contributed by atoms with E-state index in [2.05, 4.69) is 41.2 Å². The van der Waals surface area contributed by atoms with E-state index < -0.39 is 6.09 Å². The molecule has 27 heavy (non-hydrogen) atoms. The quantitative estimate of drug-likeness (QED) is 0.836. The van der Waals surface area contributed by atoms with Gasteiger partial charge in [-0.05, 0) is 48.1 Å². The molecular weight excluding hydrogens is 340 g/mol. The normalized spacial score (nSPS) is 28.3. The fourth-order valence-electron chi connectivity index (χ4n) is 4.72. The molecule has 1 aromatic carbocycles. The molecule has 3 atom stereocenters. The van der Waals surface area contributed by atoms with Crippen LogP contribution in [-0.4, -0.2) is 43.6 Å². The minimum Gasteiger partial charge on any atom is -0.453 e. The van der Waals surface area contributed by atoms with Crippen molar-refractivity contribution in [1.82, 2.24) is 10.2 Å². The van der Waals surface area contributed by atoms with Gasteiger partial charge in [0, 0.05) is 25.0 Å². The first-order valence-corrected chi connectivity index (χ1v) is 10.1. The number of carbonyl (C=O) groups is 2. The fraction of sp³-hybridized carbons (Fsp3) is 0.636. The lowest BCUT2D eigenvalue weighted by Crippen LogP contribution is -2.42. The molecule has 3 aliphatic rings. The van der Waals surface area contributed by atoms with Crippen LogP contribution in [0.15, 0.2) is 24.3 Å². The number of piperidine rings is 1. The van der Waals surface area contributed by atoms with Gasteiger partial charge in [-0.3, -0.25) is 4.79 Å². The number of nitrogens with zero attached hydrogens (tertiary/aromatic N) is 1. The van der Waals surface area contributed by atoms with Crippen molar-refractivity contribution in [2.75, 3.05) is 26.7 Å². The molecule has 2 aliphatic carbocycles. The topological polar surface area (TPSA) is 58.6 Å². The lowest BCUT2D eigenvalue weighted by molar-refractivity contribution is -0.135. The Balaban J connectivity index is 1.44. The van der Waals surface area contributed by atoms with Gasteiger partial charge in [0.1, 0.15) is 0 Å². The molecule has 1 aromatic rings. The Kier molecular flexibility index (Phi) is 4.44. The average Bonchev–Trinajstić information content (AvgIpc) is 3.58. The lowest BCUT2D eigenvalue weighted by atomic mass is 9.89. The van der Waals surface area contributed by atoms with Crippen LogP contribution >= 0.6 is 0 Å². The standard InChI is InChI=1S/C22H30N2O3/c1-4-15(12-23-20(26)27-3)19(25)24-13-18-11-22(18,14-24)17-7-5-6-16(10-17)21(2)8-9-21/h5-7,10,15,18H,4,8-9,11-14H2,1-3H3,(H,23,26). The molecule has 1 aliphatic heterocycles. The van der Waals surface area contributed by atoms with E-state index in [-0.39, 0.29) is 17.2 Å². The summed E-state index contributed by atoms with van der Waals surface area (Å²) < 4.78 is 4.62. The number of likely N-dealkylation sites (tertiary alicyclic amines) is 1. The summed E-state index contributed by atoms with van der Waals surface area (Å²) in [5.41, 5.74) is 3.40. The first-order chi connectivity index (χ1) is 12.9. The molecular formula is C22H30N2O3. The largest absolute Gasteiger partial charge is 0.453 e. The van der Waals surface area contributed by atoms with E-state index in [1.54, 1.807) is 0 Å². The minimum atomic E-state index is -0.479. The molecule has 1 saturated heterocycles. The van der Waals surface area contributed by atoms with Gasteiger partial charge in [0.15, 0.2) is 0 Å². The number of hydrogen-bond acceptors (Lipinski definition) is 3. The molecule has 5 nitrogen and oxygen atoms in total. The Labute approximate surface area is 161 Å². The maximum absolute atomic E-state index is 13.0. The molecule has 3 fully saturated rings. The first-order valence-electron chi connectivity index (χ1n) is 10.1. The second-order valence-electron chi connectivity index (χ2n) is 8.90. The van der Waals surface area contributed by atoms with Crippen molar-refractivity contribution < 1.29 is 14.3 Å². The van der Waals surface area contributed by atoms with E-state index in [0.29, 0.717) is 24.3 Å². The van der Waals surface area contributed by atoms with Gasteiger partial charge >= 0.3 is 6.09 Å². The van der Waals surface area contributed by atoms with Gasteiger partial charge in [0.05, 0.1) is 13.0 Å². The highest BCUT2D eigenvalue weighted by Gasteiger charge is 2.62. The number of fused-ring (bicyclic) bond motifs is 1. The van der Waals surface area contributed by atoms with Gasteiger partial charge in [-0.25, -0.2) is 4.79 Å². The van der Waals surface area contributed by atoms with E-state index in [9.17, 15) is 9.59 Å². The van der Waals surface area contributed by atoms with Crippen LogP contribution in [0.4, 0.5) is 4.79 Å². The molecule has 2 saturated carbocycles. The van der Waals surface area contributed by atoms with E-state index >= 15 is 0 Å². The predicted octanol–water partition coefficient (Wildman–Crippen LogP) is 3.22. The third-order valence-electron chi connectivity index (χ3n) is 7.11. The van der Waals surface area contributed by atoms with Gasteiger partial charge in [-0.2, -0.15) is 0 Å². The number of amides is 2. The zero-order valence-corrected chi connectivity index (χ0v) is 16.6. The fourth-order valence-corrected chi connectivity index (χ4v) is 4.72. The molecule has 146 valence electrons. The van der Waals surface area contributed by atoms with Gasteiger partial charge in [0.2, 0.25) is 5.91 Å². The Morgan fingerprint density at radius 3 is 2.74 bits per heavy atom. The summed E-state index contributed by atoms with van der Waals surface area (Å²) in [6.07, 6.45) is 3.98. The van der Waals surface area contributed by atoms with Crippen LogP contribution in [0, 0.1) is 11.8 Å². The van der Waals surface area contributed by atoms with Crippen LogP contribution in [0.1, 0.15) is 50.7 Å². The highest BCUT2D eigenvalue weighted by Crippen LogP contribution is 2.60. The van der Waals surface area contributed by atoms with Gasteiger partial charge in [0.25, 0.3) is 0 Å². The lowest BCUT2D eigenvalue weighted by Gasteiger charge is -2.26. The Hall–Kier alpha value is -2.04. The Morgan fingerprint density at radius 2 is 2.07 bits per heavy atom. The van der Waals surface area contributed by atoms with Crippen molar-refractivity contribution in [2.45, 2.75) is 50.4 Å². The monoisotopic (exact) mass is 370 g/mol. The summed E-state index contributed by atoms with van der Waals surface area (Å²) in [6.45, 7) is 6.33. The number of rotatable bonds is 6. The number of alkyl carbamates (subject to hydrolysis) is 1. The van der Waals surface area contributed by atoms with Gasteiger partial charge < -0.3 is 15.0 Å². The number of carbonyl (C=O) groups excluding carboxylic acids is 2. The summed E-state index contributed by atoms with van der Waals surface area (Å²) in [4.78, 5) is 26.3. The predicted molar refractivity (Wildman–Crippen MR) is 104 cm³/mol. The second-order valence-corrected chi connectivity index (χ2v) is 8.90. The Bertz CT molecular complexity index is 758. The smallest absolute Gasteiger partial charge is 0.406 e. The van der Waals surface area contributed by atoms with E-state index in [4.69, 9.17) is 0 Å². The molecule has 5 heteroatoms. The van der Waals surface area contributed by atoms with Crippen molar-refractivity contribution >= 4 is 12.0 Å². The van der Waals surface area contributed by atoms with Crippen LogP contribution in [-0.2, 0) is 20.4 Å². The van der Waals surface area contributed by atoms with Gasteiger partial charge in [-0.1, -0.05) is 38.1 Å². The highest BCUT2D eigenvalue weighted by atomic mass is 16.5. The molecule has 1 heterocycles. The number of methoxy groups -OCH3 is 1. The molecule has 4 rings (SSSR count). The summed E-state index contributed by atoms with van der Waals surface area (Å²) >= 11 is 0.